The van der Waals surface area contributed by atoms with Crippen LogP contribution in [0.25, 0.3) is 5.65 Å². The summed E-state index contributed by atoms with van der Waals surface area (Å²) in [6.07, 6.45) is -0.0641. The van der Waals surface area contributed by atoms with Crippen molar-refractivity contribution in [3.8, 4) is 0 Å². The normalized spacial score (nSPS) is 19.4. The summed E-state index contributed by atoms with van der Waals surface area (Å²) in [5.74, 6) is 0.764. The lowest BCUT2D eigenvalue weighted by molar-refractivity contribution is -0.137. The first-order valence-corrected chi connectivity index (χ1v) is 11.5. The largest absolute Gasteiger partial charge is 0.420 e. The second kappa shape index (κ2) is 9.77. The van der Waals surface area contributed by atoms with Gasteiger partial charge >= 0.3 is 6.18 Å². The van der Waals surface area contributed by atoms with Crippen molar-refractivity contribution in [1.82, 2.24) is 24.8 Å². The SMILES string of the molecule is CC.Fc1ccccc1C1CN(Cc2ccn3c(CC4CC4)nnc3c2C(F)(F)F)CCN1. The van der Waals surface area contributed by atoms with E-state index in [4.69, 9.17) is 0 Å². The number of nitrogens with one attached hydrogen (secondary N) is 1. The van der Waals surface area contributed by atoms with Crippen molar-refractivity contribution >= 4 is 5.65 Å². The Morgan fingerprint density at radius 1 is 1.09 bits per heavy atom. The van der Waals surface area contributed by atoms with E-state index >= 15 is 0 Å². The second-order valence-electron chi connectivity index (χ2n) is 8.43. The molecule has 2 aliphatic rings. The van der Waals surface area contributed by atoms with E-state index in [-0.39, 0.29) is 29.6 Å². The summed E-state index contributed by atoms with van der Waals surface area (Å²) in [5.41, 5.74) is -0.174. The molecule has 1 aliphatic carbocycles. The highest BCUT2D eigenvalue weighted by atomic mass is 19.4. The summed E-state index contributed by atoms with van der Waals surface area (Å²) < 4.78 is 57.8. The molecule has 33 heavy (non-hydrogen) atoms. The van der Waals surface area contributed by atoms with Gasteiger partial charge in [-0.15, -0.1) is 10.2 Å². The van der Waals surface area contributed by atoms with Crippen molar-refractivity contribution in [1.29, 1.82) is 0 Å². The van der Waals surface area contributed by atoms with Crippen molar-refractivity contribution in [3.05, 3.63) is 64.9 Å². The number of hydrogen-bond acceptors (Lipinski definition) is 4. The van der Waals surface area contributed by atoms with Crippen LogP contribution in [0.4, 0.5) is 17.6 Å². The molecule has 0 spiro atoms. The Morgan fingerprint density at radius 2 is 1.85 bits per heavy atom. The average molecular weight is 464 g/mol. The molecule has 9 heteroatoms. The van der Waals surface area contributed by atoms with Crippen LogP contribution >= 0.6 is 0 Å². The highest BCUT2D eigenvalue weighted by Crippen LogP contribution is 2.37. The van der Waals surface area contributed by atoms with Crippen molar-refractivity contribution in [2.24, 2.45) is 5.92 Å². The fraction of sp³-hybridized carbons (Fsp3) is 0.500. The smallest absolute Gasteiger partial charge is 0.307 e. The average Bonchev–Trinajstić information content (AvgIpc) is 3.53. The lowest BCUT2D eigenvalue weighted by Crippen LogP contribution is -2.45. The fourth-order valence-corrected chi connectivity index (χ4v) is 4.36. The number of benzene rings is 1. The van der Waals surface area contributed by atoms with Gasteiger partial charge < -0.3 is 5.32 Å². The first kappa shape index (κ1) is 23.6. The lowest BCUT2D eigenvalue weighted by Gasteiger charge is -2.34. The molecular weight excluding hydrogens is 434 g/mol. The number of aromatic nitrogens is 3. The van der Waals surface area contributed by atoms with Gasteiger partial charge in [-0.25, -0.2) is 4.39 Å². The van der Waals surface area contributed by atoms with Crippen LogP contribution in [0.2, 0.25) is 0 Å². The molecule has 1 aliphatic heterocycles. The molecule has 3 heterocycles. The molecule has 178 valence electrons. The Labute approximate surface area is 190 Å². The number of piperazine rings is 1. The van der Waals surface area contributed by atoms with Crippen LogP contribution in [0.15, 0.2) is 36.5 Å². The standard InChI is InChI=1S/C22H23F4N5.C2H6/c23-17-4-2-1-3-16(17)18-13-30(10-8-27-18)12-15-7-9-31-19(11-14-5-6-14)28-29-21(31)20(15)22(24,25)26;1-2/h1-4,7,9,14,18,27H,5-6,8,10-13H2;1-2H3. The van der Waals surface area contributed by atoms with Gasteiger partial charge in [0.15, 0.2) is 5.65 Å². The molecule has 5 nitrogen and oxygen atoms in total. The summed E-state index contributed by atoms with van der Waals surface area (Å²) in [6, 6.07) is 7.75. The first-order valence-electron chi connectivity index (χ1n) is 11.5. The van der Waals surface area contributed by atoms with E-state index < -0.39 is 11.7 Å². The summed E-state index contributed by atoms with van der Waals surface area (Å²) in [5, 5.41) is 11.2. The van der Waals surface area contributed by atoms with Gasteiger partial charge in [0.05, 0.1) is 0 Å². The number of halogens is 4. The number of nitrogens with zero attached hydrogens (tertiary/aromatic N) is 4. The van der Waals surface area contributed by atoms with Gasteiger partial charge in [-0.2, -0.15) is 13.2 Å². The third-order valence-corrected chi connectivity index (χ3v) is 6.12. The molecule has 1 saturated carbocycles. The molecule has 0 radical (unpaired) electrons. The van der Waals surface area contributed by atoms with Crippen LogP contribution in [0.5, 0.6) is 0 Å². The maximum absolute atomic E-state index is 14.2. The second-order valence-corrected chi connectivity index (χ2v) is 8.43. The molecular formula is C24H29F4N5. The zero-order valence-corrected chi connectivity index (χ0v) is 18.9. The van der Waals surface area contributed by atoms with Crippen molar-refractivity contribution in [2.45, 2.75) is 51.9 Å². The minimum Gasteiger partial charge on any atom is -0.307 e. The van der Waals surface area contributed by atoms with Crippen LogP contribution in [0, 0.1) is 11.7 Å². The maximum Gasteiger partial charge on any atom is 0.420 e. The van der Waals surface area contributed by atoms with Gasteiger partial charge in [-0.1, -0.05) is 32.0 Å². The monoisotopic (exact) mass is 463 g/mol. The molecule has 1 atom stereocenters. The van der Waals surface area contributed by atoms with Gasteiger partial charge in [-0.3, -0.25) is 9.30 Å². The Kier molecular flexibility index (Phi) is 6.99. The van der Waals surface area contributed by atoms with E-state index in [9.17, 15) is 17.6 Å². The Balaban J connectivity index is 0.00000126. The van der Waals surface area contributed by atoms with E-state index in [0.29, 0.717) is 43.4 Å². The number of alkyl halides is 3. The summed E-state index contributed by atoms with van der Waals surface area (Å²) in [4.78, 5) is 1.93. The molecule has 1 N–H and O–H groups in total. The molecule has 1 saturated heterocycles. The van der Waals surface area contributed by atoms with Crippen LogP contribution in [0.1, 0.15) is 55.2 Å². The van der Waals surface area contributed by atoms with E-state index in [1.807, 2.05) is 18.7 Å². The quantitative estimate of drug-likeness (QED) is 0.540. The van der Waals surface area contributed by atoms with Crippen molar-refractivity contribution in [3.63, 3.8) is 0 Å². The van der Waals surface area contributed by atoms with Crippen LogP contribution in [-0.4, -0.2) is 39.1 Å². The zero-order valence-electron chi connectivity index (χ0n) is 18.9. The first-order chi connectivity index (χ1) is 15.9. The minimum atomic E-state index is -4.54. The van der Waals surface area contributed by atoms with Crippen molar-refractivity contribution in [2.75, 3.05) is 19.6 Å². The zero-order chi connectivity index (χ0) is 23.6. The maximum atomic E-state index is 14.2. The van der Waals surface area contributed by atoms with Crippen LogP contribution in [0.3, 0.4) is 0 Å². The Bertz CT molecular complexity index is 1090. The molecule has 3 aromatic rings. The molecule has 5 rings (SSSR count). The highest BCUT2D eigenvalue weighted by Gasteiger charge is 2.38. The predicted octanol–water partition coefficient (Wildman–Crippen LogP) is 5.01. The fourth-order valence-electron chi connectivity index (χ4n) is 4.36. The summed E-state index contributed by atoms with van der Waals surface area (Å²) >= 11 is 0. The van der Waals surface area contributed by atoms with Crippen LogP contribution < -0.4 is 5.32 Å². The van der Waals surface area contributed by atoms with E-state index in [1.165, 1.54) is 16.5 Å². The van der Waals surface area contributed by atoms with Crippen LogP contribution in [-0.2, 0) is 19.1 Å². The molecule has 0 amide bonds. The minimum absolute atomic E-state index is 0.114. The molecule has 1 aromatic carbocycles. The third-order valence-electron chi connectivity index (χ3n) is 6.12. The van der Waals surface area contributed by atoms with Gasteiger partial charge in [-0.05, 0) is 36.5 Å². The third kappa shape index (κ3) is 5.19. The van der Waals surface area contributed by atoms with Gasteiger partial charge in [0.1, 0.15) is 17.2 Å². The molecule has 2 aromatic heterocycles. The number of hydrogen-bond donors (Lipinski definition) is 1. The van der Waals surface area contributed by atoms with E-state index in [2.05, 4.69) is 15.5 Å². The molecule has 2 fully saturated rings. The summed E-state index contributed by atoms with van der Waals surface area (Å²) in [7, 11) is 0. The molecule has 0 bridgehead atoms. The van der Waals surface area contributed by atoms with Gasteiger partial charge in [0.2, 0.25) is 0 Å². The highest BCUT2D eigenvalue weighted by molar-refractivity contribution is 5.53. The Hall–Kier alpha value is -2.52. The summed E-state index contributed by atoms with van der Waals surface area (Å²) in [6.45, 7) is 5.68. The lowest BCUT2D eigenvalue weighted by atomic mass is 10.0. The number of rotatable bonds is 5. The number of pyridine rings is 1. The van der Waals surface area contributed by atoms with Gasteiger partial charge in [0.25, 0.3) is 0 Å². The number of fused-ring (bicyclic) bond motifs is 1. The predicted molar refractivity (Wildman–Crippen MR) is 118 cm³/mol. The van der Waals surface area contributed by atoms with Crippen molar-refractivity contribution < 1.29 is 17.6 Å². The van der Waals surface area contributed by atoms with E-state index in [1.54, 1.807) is 24.4 Å². The molecule has 1 unspecified atom stereocenters. The topological polar surface area (TPSA) is 45.5 Å². The Morgan fingerprint density at radius 3 is 2.55 bits per heavy atom. The van der Waals surface area contributed by atoms with E-state index in [0.717, 1.165) is 12.8 Å². The van der Waals surface area contributed by atoms with Gasteiger partial charge in [0, 0.05) is 50.4 Å².